The fourth-order valence-electron chi connectivity index (χ4n) is 0.656. The molecule has 0 aromatic carbocycles. The van der Waals surface area contributed by atoms with Gasteiger partial charge in [0.25, 0.3) is 0 Å². The van der Waals surface area contributed by atoms with E-state index in [-0.39, 0.29) is 6.61 Å². The minimum Gasteiger partial charge on any atom is -0.396 e. The van der Waals surface area contributed by atoms with Gasteiger partial charge in [-0.3, -0.25) is 0 Å². The average Bonchev–Trinajstić information content (AvgIpc) is 2.12. The SMILES string of the molecule is CN(C)CCN(C)C.NCCCCO. The molecule has 88 valence electrons. The predicted octanol–water partition coefficient (Wildman–Crippen LogP) is -0.173. The summed E-state index contributed by atoms with van der Waals surface area (Å²) in [5.41, 5.74) is 5.10. The average molecular weight is 205 g/mol. The zero-order valence-corrected chi connectivity index (χ0v) is 10.2. The number of nitrogens with two attached hydrogens (primary N) is 1. The Hall–Kier alpha value is -0.160. The van der Waals surface area contributed by atoms with Gasteiger partial charge in [0.15, 0.2) is 0 Å². The van der Waals surface area contributed by atoms with Gasteiger partial charge in [-0.2, -0.15) is 0 Å². The molecule has 0 atom stereocenters. The third-order valence-corrected chi connectivity index (χ3v) is 1.61. The quantitative estimate of drug-likeness (QED) is 0.591. The van der Waals surface area contributed by atoms with E-state index in [1.165, 1.54) is 0 Å². The molecule has 0 heterocycles. The molecular weight excluding hydrogens is 178 g/mol. The maximum absolute atomic E-state index is 8.14. The summed E-state index contributed by atoms with van der Waals surface area (Å²) in [5, 5.41) is 8.14. The molecule has 0 fully saturated rings. The number of hydrogen-bond donors (Lipinski definition) is 2. The van der Waals surface area contributed by atoms with Gasteiger partial charge in [0, 0.05) is 19.7 Å². The van der Waals surface area contributed by atoms with Gasteiger partial charge in [-0.25, -0.2) is 0 Å². The number of unbranched alkanes of at least 4 members (excludes halogenated alkanes) is 1. The van der Waals surface area contributed by atoms with Crippen molar-refractivity contribution in [1.29, 1.82) is 0 Å². The number of hydrogen-bond acceptors (Lipinski definition) is 4. The van der Waals surface area contributed by atoms with Crippen molar-refractivity contribution in [1.82, 2.24) is 9.80 Å². The van der Waals surface area contributed by atoms with Crippen LogP contribution in [0.3, 0.4) is 0 Å². The summed E-state index contributed by atoms with van der Waals surface area (Å²) in [6, 6.07) is 0. The Morgan fingerprint density at radius 3 is 1.50 bits per heavy atom. The summed E-state index contributed by atoms with van der Waals surface area (Å²) in [7, 11) is 8.35. The highest BCUT2D eigenvalue weighted by Crippen LogP contribution is 1.79. The fraction of sp³-hybridized carbons (Fsp3) is 1.00. The summed E-state index contributed by atoms with van der Waals surface area (Å²) in [6.07, 6.45) is 1.78. The van der Waals surface area contributed by atoms with Crippen LogP contribution in [0.5, 0.6) is 0 Å². The first-order chi connectivity index (χ1) is 6.54. The Bertz CT molecular complexity index is 85.4. The zero-order valence-electron chi connectivity index (χ0n) is 10.2. The summed E-state index contributed by atoms with van der Waals surface area (Å²) < 4.78 is 0. The van der Waals surface area contributed by atoms with Crippen molar-refractivity contribution in [2.24, 2.45) is 5.73 Å². The molecule has 3 N–H and O–H groups in total. The van der Waals surface area contributed by atoms with E-state index in [4.69, 9.17) is 10.8 Å². The maximum atomic E-state index is 8.14. The van der Waals surface area contributed by atoms with Gasteiger partial charge in [0.1, 0.15) is 0 Å². The number of likely N-dealkylation sites (N-methyl/N-ethyl adjacent to an activating group) is 2. The Kier molecular flexibility index (Phi) is 14.9. The molecule has 4 heteroatoms. The summed E-state index contributed by atoms with van der Waals surface area (Å²) in [6.45, 7) is 3.26. The molecule has 0 saturated carbocycles. The second kappa shape index (κ2) is 12.8. The van der Waals surface area contributed by atoms with Crippen molar-refractivity contribution >= 4 is 0 Å². The van der Waals surface area contributed by atoms with Crippen molar-refractivity contribution in [3.05, 3.63) is 0 Å². The van der Waals surface area contributed by atoms with Gasteiger partial charge in [-0.05, 0) is 47.6 Å². The Morgan fingerprint density at radius 1 is 0.929 bits per heavy atom. The molecular formula is C10H27N3O. The highest BCUT2D eigenvalue weighted by Gasteiger charge is 1.89. The van der Waals surface area contributed by atoms with E-state index in [1.807, 2.05) is 0 Å². The third kappa shape index (κ3) is 22.6. The highest BCUT2D eigenvalue weighted by molar-refractivity contribution is 4.45. The van der Waals surface area contributed by atoms with Gasteiger partial charge in [-0.1, -0.05) is 0 Å². The summed E-state index contributed by atoms with van der Waals surface area (Å²) in [5.74, 6) is 0. The van der Waals surface area contributed by atoms with Gasteiger partial charge in [0.2, 0.25) is 0 Å². The summed E-state index contributed by atoms with van der Waals surface area (Å²) in [4.78, 5) is 4.36. The van der Waals surface area contributed by atoms with E-state index < -0.39 is 0 Å². The van der Waals surface area contributed by atoms with Gasteiger partial charge >= 0.3 is 0 Å². The molecule has 0 rings (SSSR count). The molecule has 0 aromatic heterocycles. The molecule has 0 aromatic rings. The molecule has 14 heavy (non-hydrogen) atoms. The Balaban J connectivity index is 0. The summed E-state index contributed by atoms with van der Waals surface area (Å²) >= 11 is 0. The standard InChI is InChI=1S/C6H16N2.C4H11NO/c1-7(2)5-6-8(3)4;5-3-1-2-4-6/h5-6H2,1-4H3;6H,1-5H2. The number of aliphatic hydroxyl groups excluding tert-OH is 1. The van der Waals surface area contributed by atoms with Crippen LogP contribution < -0.4 is 5.73 Å². The van der Waals surface area contributed by atoms with Crippen LogP contribution in [0, 0.1) is 0 Å². The lowest BCUT2D eigenvalue weighted by Crippen LogP contribution is -2.25. The van der Waals surface area contributed by atoms with E-state index in [0.29, 0.717) is 6.54 Å². The van der Waals surface area contributed by atoms with Crippen LogP contribution in [0.15, 0.2) is 0 Å². The van der Waals surface area contributed by atoms with Crippen molar-refractivity contribution in [3.63, 3.8) is 0 Å². The van der Waals surface area contributed by atoms with Gasteiger partial charge in [-0.15, -0.1) is 0 Å². The second-order valence-corrected chi connectivity index (χ2v) is 3.83. The third-order valence-electron chi connectivity index (χ3n) is 1.61. The lowest BCUT2D eigenvalue weighted by molar-refractivity contribution is 0.285. The van der Waals surface area contributed by atoms with Crippen molar-refractivity contribution in [3.8, 4) is 0 Å². The van der Waals surface area contributed by atoms with Crippen molar-refractivity contribution in [2.45, 2.75) is 12.8 Å². The minimum absolute atomic E-state index is 0.275. The first-order valence-electron chi connectivity index (χ1n) is 5.15. The van der Waals surface area contributed by atoms with Crippen LogP contribution in [0.4, 0.5) is 0 Å². The zero-order chi connectivity index (χ0) is 11.4. The first-order valence-corrected chi connectivity index (χ1v) is 5.15. The van der Waals surface area contributed by atoms with E-state index in [2.05, 4.69) is 38.0 Å². The lowest BCUT2D eigenvalue weighted by atomic mass is 10.3. The molecule has 0 aliphatic heterocycles. The van der Waals surface area contributed by atoms with Crippen LogP contribution in [-0.4, -0.2) is 69.3 Å². The van der Waals surface area contributed by atoms with Gasteiger partial charge in [0.05, 0.1) is 0 Å². The second-order valence-electron chi connectivity index (χ2n) is 3.83. The van der Waals surface area contributed by atoms with E-state index in [9.17, 15) is 0 Å². The Morgan fingerprint density at radius 2 is 1.36 bits per heavy atom. The number of nitrogens with zero attached hydrogens (tertiary/aromatic N) is 2. The molecule has 0 bridgehead atoms. The molecule has 0 unspecified atom stereocenters. The van der Waals surface area contributed by atoms with Crippen molar-refractivity contribution in [2.75, 3.05) is 54.4 Å². The van der Waals surface area contributed by atoms with Crippen LogP contribution in [0.2, 0.25) is 0 Å². The molecule has 0 aliphatic rings. The van der Waals surface area contributed by atoms with E-state index in [1.54, 1.807) is 0 Å². The molecule has 0 spiro atoms. The number of aliphatic hydroxyl groups is 1. The first kappa shape index (κ1) is 16.3. The normalized spacial score (nSPS) is 10.3. The molecule has 0 radical (unpaired) electrons. The topological polar surface area (TPSA) is 52.7 Å². The minimum atomic E-state index is 0.275. The molecule has 0 saturated heterocycles. The number of rotatable bonds is 6. The molecule has 0 amide bonds. The molecule has 4 nitrogen and oxygen atoms in total. The largest absolute Gasteiger partial charge is 0.396 e. The van der Waals surface area contributed by atoms with Crippen LogP contribution in [-0.2, 0) is 0 Å². The fourth-order valence-corrected chi connectivity index (χ4v) is 0.656. The van der Waals surface area contributed by atoms with Crippen LogP contribution >= 0.6 is 0 Å². The highest BCUT2D eigenvalue weighted by atomic mass is 16.2. The van der Waals surface area contributed by atoms with E-state index in [0.717, 1.165) is 25.9 Å². The van der Waals surface area contributed by atoms with E-state index >= 15 is 0 Å². The lowest BCUT2D eigenvalue weighted by Gasteiger charge is -2.13. The van der Waals surface area contributed by atoms with Crippen molar-refractivity contribution < 1.29 is 5.11 Å². The predicted molar refractivity (Wildman–Crippen MR) is 62.5 cm³/mol. The Labute approximate surface area is 88.7 Å². The smallest absolute Gasteiger partial charge is 0.0431 e. The van der Waals surface area contributed by atoms with Crippen LogP contribution in [0.25, 0.3) is 0 Å². The molecule has 0 aliphatic carbocycles. The van der Waals surface area contributed by atoms with Gasteiger partial charge < -0.3 is 20.6 Å². The van der Waals surface area contributed by atoms with Crippen LogP contribution in [0.1, 0.15) is 12.8 Å². The maximum Gasteiger partial charge on any atom is 0.0431 e. The monoisotopic (exact) mass is 205 g/mol.